The Balaban J connectivity index is 1.77. The third kappa shape index (κ3) is 4.72. The summed E-state index contributed by atoms with van der Waals surface area (Å²) < 4.78 is 22.3. The summed E-state index contributed by atoms with van der Waals surface area (Å²) in [7, 11) is -3.63. The number of primary sulfonamides is 1. The zero-order valence-electron chi connectivity index (χ0n) is 10.8. The maximum Gasteiger partial charge on any atom is 0.249 e. The van der Waals surface area contributed by atoms with Gasteiger partial charge in [0.05, 0.1) is 6.20 Å². The molecule has 2 heterocycles. The van der Waals surface area contributed by atoms with Crippen LogP contribution < -0.4 is 10.5 Å². The van der Waals surface area contributed by atoms with Crippen LogP contribution in [0.4, 0.5) is 5.13 Å². The normalized spacial score (nSPS) is 18.2. The van der Waals surface area contributed by atoms with E-state index < -0.39 is 10.0 Å². The Morgan fingerprint density at radius 1 is 1.32 bits per heavy atom. The second-order valence-corrected chi connectivity index (χ2v) is 7.53. The highest BCUT2D eigenvalue weighted by Crippen LogP contribution is 2.21. The summed E-state index contributed by atoms with van der Waals surface area (Å²) in [5.74, 6) is 0. The molecule has 1 saturated heterocycles. The van der Waals surface area contributed by atoms with Crippen molar-refractivity contribution >= 4 is 26.5 Å². The molecule has 8 heteroatoms. The van der Waals surface area contributed by atoms with Crippen molar-refractivity contribution in [2.24, 2.45) is 5.14 Å². The molecule has 0 bridgehead atoms. The molecule has 0 saturated carbocycles. The molecule has 6 nitrogen and oxygen atoms in total. The van der Waals surface area contributed by atoms with Crippen LogP contribution in [-0.4, -0.2) is 44.5 Å². The third-order valence-corrected chi connectivity index (χ3v) is 5.53. The van der Waals surface area contributed by atoms with E-state index in [1.165, 1.54) is 31.9 Å². The first kappa shape index (κ1) is 14.7. The zero-order chi connectivity index (χ0) is 13.7. The van der Waals surface area contributed by atoms with Crippen LogP contribution in [0.3, 0.4) is 0 Å². The SMILES string of the molecule is NS(=O)(=O)c1cnc(NCCN2CCCCCC2)s1. The zero-order valence-corrected chi connectivity index (χ0v) is 12.5. The summed E-state index contributed by atoms with van der Waals surface area (Å²) in [6.07, 6.45) is 6.50. The van der Waals surface area contributed by atoms with E-state index in [2.05, 4.69) is 15.2 Å². The van der Waals surface area contributed by atoms with Crippen LogP contribution in [0.5, 0.6) is 0 Å². The smallest absolute Gasteiger partial charge is 0.249 e. The van der Waals surface area contributed by atoms with Gasteiger partial charge in [0.1, 0.15) is 0 Å². The molecule has 108 valence electrons. The lowest BCUT2D eigenvalue weighted by molar-refractivity contribution is 0.296. The van der Waals surface area contributed by atoms with Gasteiger partial charge in [-0.15, -0.1) is 0 Å². The minimum atomic E-state index is -3.63. The monoisotopic (exact) mass is 304 g/mol. The predicted molar refractivity (Wildman–Crippen MR) is 76.9 cm³/mol. The quantitative estimate of drug-likeness (QED) is 0.850. The van der Waals surface area contributed by atoms with Crippen molar-refractivity contribution in [1.82, 2.24) is 9.88 Å². The molecule has 1 fully saturated rings. The van der Waals surface area contributed by atoms with E-state index in [-0.39, 0.29) is 4.21 Å². The molecular formula is C11H20N4O2S2. The minimum absolute atomic E-state index is 0.102. The van der Waals surface area contributed by atoms with Gasteiger partial charge in [0.2, 0.25) is 10.0 Å². The highest BCUT2D eigenvalue weighted by atomic mass is 32.2. The van der Waals surface area contributed by atoms with Gasteiger partial charge in [-0.05, 0) is 25.9 Å². The Bertz CT molecular complexity index is 493. The average molecular weight is 304 g/mol. The van der Waals surface area contributed by atoms with Crippen LogP contribution in [0.1, 0.15) is 25.7 Å². The lowest BCUT2D eigenvalue weighted by Gasteiger charge is -2.19. The van der Waals surface area contributed by atoms with Crippen LogP contribution >= 0.6 is 11.3 Å². The molecule has 2 rings (SSSR count). The Hall–Kier alpha value is -0.700. The number of likely N-dealkylation sites (tertiary alicyclic amines) is 1. The van der Waals surface area contributed by atoms with Crippen molar-refractivity contribution in [3.05, 3.63) is 6.20 Å². The number of anilines is 1. The molecule has 1 aliphatic rings. The Kier molecular flexibility index (Phi) is 5.14. The van der Waals surface area contributed by atoms with E-state index in [4.69, 9.17) is 5.14 Å². The molecule has 1 aromatic rings. The largest absolute Gasteiger partial charge is 0.360 e. The molecule has 19 heavy (non-hydrogen) atoms. The van der Waals surface area contributed by atoms with E-state index in [9.17, 15) is 8.42 Å². The summed E-state index contributed by atoms with van der Waals surface area (Å²) in [6, 6.07) is 0. The molecule has 3 N–H and O–H groups in total. The fraction of sp³-hybridized carbons (Fsp3) is 0.727. The number of nitrogens with zero attached hydrogens (tertiary/aromatic N) is 2. The van der Waals surface area contributed by atoms with E-state index >= 15 is 0 Å². The lowest BCUT2D eigenvalue weighted by Crippen LogP contribution is -2.29. The Morgan fingerprint density at radius 2 is 2.00 bits per heavy atom. The van der Waals surface area contributed by atoms with Crippen molar-refractivity contribution in [1.29, 1.82) is 0 Å². The number of hydrogen-bond acceptors (Lipinski definition) is 6. The van der Waals surface area contributed by atoms with Crippen molar-refractivity contribution in [2.75, 3.05) is 31.5 Å². The van der Waals surface area contributed by atoms with Gasteiger partial charge in [0.25, 0.3) is 0 Å². The van der Waals surface area contributed by atoms with Gasteiger partial charge in [-0.2, -0.15) is 0 Å². The maximum atomic E-state index is 11.1. The fourth-order valence-corrected chi connectivity index (χ4v) is 3.63. The molecule has 1 aromatic heterocycles. The van der Waals surface area contributed by atoms with Crippen LogP contribution in [0.25, 0.3) is 0 Å². The van der Waals surface area contributed by atoms with Gasteiger partial charge in [-0.25, -0.2) is 18.5 Å². The van der Waals surface area contributed by atoms with Gasteiger partial charge in [0.15, 0.2) is 9.34 Å². The van der Waals surface area contributed by atoms with Gasteiger partial charge >= 0.3 is 0 Å². The highest BCUT2D eigenvalue weighted by Gasteiger charge is 2.13. The van der Waals surface area contributed by atoms with E-state index in [1.54, 1.807) is 0 Å². The number of nitrogens with two attached hydrogens (primary N) is 1. The van der Waals surface area contributed by atoms with E-state index in [0.717, 1.165) is 37.5 Å². The summed E-state index contributed by atoms with van der Waals surface area (Å²) >= 11 is 1.08. The van der Waals surface area contributed by atoms with Gasteiger partial charge < -0.3 is 10.2 Å². The lowest BCUT2D eigenvalue weighted by atomic mass is 10.2. The standard InChI is InChI=1S/C11H20N4O2S2/c12-19(16,17)10-9-14-11(18-10)13-5-8-15-6-3-1-2-4-7-15/h9H,1-8H2,(H,13,14)(H2,12,16,17). The number of sulfonamides is 1. The van der Waals surface area contributed by atoms with E-state index in [1.807, 2.05) is 0 Å². The minimum Gasteiger partial charge on any atom is -0.360 e. The summed E-state index contributed by atoms with van der Waals surface area (Å²) in [6.45, 7) is 4.05. The number of rotatable bonds is 5. The van der Waals surface area contributed by atoms with Crippen LogP contribution in [0.15, 0.2) is 10.4 Å². The summed E-state index contributed by atoms with van der Waals surface area (Å²) in [4.78, 5) is 6.45. The molecule has 0 amide bonds. The number of nitrogens with one attached hydrogen (secondary N) is 1. The molecule has 1 aliphatic heterocycles. The molecule has 0 aliphatic carbocycles. The summed E-state index contributed by atoms with van der Waals surface area (Å²) in [5.41, 5.74) is 0. The first-order chi connectivity index (χ1) is 9.05. The number of thiazole rings is 1. The van der Waals surface area contributed by atoms with Crippen molar-refractivity contribution in [3.63, 3.8) is 0 Å². The highest BCUT2D eigenvalue weighted by molar-refractivity contribution is 7.91. The predicted octanol–water partition coefficient (Wildman–Crippen LogP) is 1.08. The van der Waals surface area contributed by atoms with Crippen molar-refractivity contribution < 1.29 is 8.42 Å². The molecule has 0 unspecified atom stereocenters. The van der Waals surface area contributed by atoms with Crippen molar-refractivity contribution in [2.45, 2.75) is 29.9 Å². The molecule has 0 radical (unpaired) electrons. The molecule has 0 spiro atoms. The van der Waals surface area contributed by atoms with Crippen LogP contribution in [0.2, 0.25) is 0 Å². The van der Waals surface area contributed by atoms with Crippen LogP contribution in [-0.2, 0) is 10.0 Å². The molecule has 0 aromatic carbocycles. The van der Waals surface area contributed by atoms with Gasteiger partial charge in [-0.1, -0.05) is 24.2 Å². The average Bonchev–Trinajstić information content (AvgIpc) is 2.67. The van der Waals surface area contributed by atoms with Crippen molar-refractivity contribution in [3.8, 4) is 0 Å². The van der Waals surface area contributed by atoms with Gasteiger partial charge in [-0.3, -0.25) is 0 Å². The Labute approximate surface area is 118 Å². The topological polar surface area (TPSA) is 88.3 Å². The number of hydrogen-bond donors (Lipinski definition) is 2. The first-order valence-corrected chi connectivity index (χ1v) is 8.87. The molecular weight excluding hydrogens is 284 g/mol. The maximum absolute atomic E-state index is 11.1. The first-order valence-electron chi connectivity index (χ1n) is 6.50. The second-order valence-electron chi connectivity index (χ2n) is 4.71. The number of aromatic nitrogens is 1. The second kappa shape index (κ2) is 6.65. The fourth-order valence-electron chi connectivity index (χ4n) is 2.15. The van der Waals surface area contributed by atoms with Crippen LogP contribution in [0, 0.1) is 0 Å². The van der Waals surface area contributed by atoms with Gasteiger partial charge in [0, 0.05) is 13.1 Å². The van der Waals surface area contributed by atoms with E-state index in [0.29, 0.717) is 5.13 Å². The third-order valence-electron chi connectivity index (χ3n) is 3.17. The summed E-state index contributed by atoms with van der Waals surface area (Å²) in [5, 5.41) is 8.80. The molecule has 0 atom stereocenters. The Morgan fingerprint density at radius 3 is 2.58 bits per heavy atom.